The Hall–Kier alpha value is -0.465. The van der Waals surface area contributed by atoms with E-state index in [4.69, 9.17) is 5.84 Å². The zero-order valence-corrected chi connectivity index (χ0v) is 5.10. The van der Waals surface area contributed by atoms with E-state index in [2.05, 4.69) is 18.9 Å². The highest BCUT2D eigenvalue weighted by Gasteiger charge is 1.93. The Balaban J connectivity index is 3.56. The summed E-state index contributed by atoms with van der Waals surface area (Å²) in [5.41, 5.74) is 1.00. The van der Waals surface area contributed by atoms with E-state index in [9.17, 15) is 0 Å². The maximum Gasteiger partial charge on any atom is 0.161 e. The number of hydrogen-bond acceptors (Lipinski definition) is 2. The fourth-order valence-electron chi connectivity index (χ4n) is 0.149. The highest BCUT2D eigenvalue weighted by Crippen LogP contribution is 1.89. The third kappa shape index (κ3) is 2.26. The van der Waals surface area contributed by atoms with E-state index in [0.29, 0.717) is 5.92 Å². The van der Waals surface area contributed by atoms with Crippen molar-refractivity contribution in [2.24, 2.45) is 16.9 Å². The molecule has 0 rings (SSSR count). The summed E-state index contributed by atoms with van der Waals surface area (Å²) >= 11 is 0. The Morgan fingerprint density at radius 1 is 1.71 bits per heavy atom. The van der Waals surface area contributed by atoms with E-state index in [-0.39, 0.29) is 0 Å². The Morgan fingerprint density at radius 3 is 2.14 bits per heavy atom. The van der Waals surface area contributed by atoms with E-state index in [1.165, 1.54) is 0 Å². The lowest BCUT2D eigenvalue weighted by Crippen LogP contribution is -2.08. The van der Waals surface area contributed by atoms with Crippen molar-refractivity contribution >= 4 is 13.5 Å². The quantitative estimate of drug-likeness (QED) is 0.205. The Labute approximate surface area is 45.2 Å². The minimum absolute atomic E-state index is 0.491. The molecule has 0 aliphatic carbocycles. The summed E-state index contributed by atoms with van der Waals surface area (Å²) < 4.78 is 0. The standard InChI is InChI=1S/C4H11BN2/c1-3(2)4(5)7-6/h3H,5-6H2,1-2H3/b7-4-. The predicted octanol–water partition coefficient (Wildman–Crippen LogP) is -0.452. The molecule has 0 aromatic rings. The predicted molar refractivity (Wildman–Crippen MR) is 35.0 cm³/mol. The zero-order chi connectivity index (χ0) is 5.86. The van der Waals surface area contributed by atoms with Crippen LogP contribution >= 0.6 is 0 Å². The van der Waals surface area contributed by atoms with Crippen molar-refractivity contribution in [3.8, 4) is 0 Å². The lowest BCUT2D eigenvalue weighted by Gasteiger charge is -1.98. The SMILES string of the molecule is B/C(=N\N)C(C)C. The second-order valence-electron chi connectivity index (χ2n) is 1.93. The molecule has 0 saturated heterocycles. The fourth-order valence-corrected chi connectivity index (χ4v) is 0.149. The van der Waals surface area contributed by atoms with Crippen molar-refractivity contribution in [2.45, 2.75) is 13.8 Å². The highest BCUT2D eigenvalue weighted by molar-refractivity contribution is 6.60. The van der Waals surface area contributed by atoms with Gasteiger partial charge in [-0.2, -0.15) is 0 Å². The topological polar surface area (TPSA) is 38.4 Å². The average molecular weight is 98.0 g/mol. The van der Waals surface area contributed by atoms with Gasteiger partial charge >= 0.3 is 0 Å². The first-order chi connectivity index (χ1) is 3.18. The molecule has 0 fully saturated rings. The van der Waals surface area contributed by atoms with Crippen LogP contribution in [0.3, 0.4) is 0 Å². The minimum atomic E-state index is 0.491. The third-order valence-corrected chi connectivity index (χ3v) is 1.04. The highest BCUT2D eigenvalue weighted by atomic mass is 15.1. The van der Waals surface area contributed by atoms with Crippen molar-refractivity contribution < 1.29 is 0 Å². The van der Waals surface area contributed by atoms with Crippen LogP contribution in [0.5, 0.6) is 0 Å². The molecule has 2 nitrogen and oxygen atoms in total. The van der Waals surface area contributed by atoms with Gasteiger partial charge in [-0.3, -0.25) is 0 Å². The summed E-state index contributed by atoms with van der Waals surface area (Å²) in [6.45, 7) is 4.12. The van der Waals surface area contributed by atoms with Crippen LogP contribution in [0.1, 0.15) is 13.8 Å². The molecule has 0 spiro atoms. The Kier molecular flexibility index (Phi) is 2.49. The molecule has 0 aromatic carbocycles. The van der Waals surface area contributed by atoms with Crippen LogP contribution < -0.4 is 5.84 Å². The Morgan fingerprint density at radius 2 is 2.14 bits per heavy atom. The monoisotopic (exact) mass is 98.1 g/mol. The molecule has 0 radical (unpaired) electrons. The molecule has 0 amide bonds. The van der Waals surface area contributed by atoms with E-state index in [0.717, 1.165) is 5.61 Å². The van der Waals surface area contributed by atoms with Crippen LogP contribution in [0, 0.1) is 5.92 Å². The molecule has 3 heteroatoms. The van der Waals surface area contributed by atoms with Crippen LogP contribution in [-0.2, 0) is 0 Å². The van der Waals surface area contributed by atoms with Gasteiger partial charge in [-0.25, -0.2) is 5.10 Å². The molecule has 7 heavy (non-hydrogen) atoms. The molecular formula is C4H11BN2. The number of nitrogens with zero attached hydrogens (tertiary/aromatic N) is 1. The average Bonchev–Trinajstić information content (AvgIpc) is 1.65. The van der Waals surface area contributed by atoms with Crippen molar-refractivity contribution in [1.29, 1.82) is 0 Å². The second kappa shape index (κ2) is 2.67. The molecular weight excluding hydrogens is 86.9 g/mol. The summed E-state index contributed by atoms with van der Waals surface area (Å²) in [5, 5.41) is 3.50. The smallest absolute Gasteiger partial charge is 0.161 e. The Bertz CT molecular complexity index is 77.8. The third-order valence-electron chi connectivity index (χ3n) is 1.04. The number of rotatable bonds is 1. The number of nitrogens with two attached hydrogens (primary N) is 1. The van der Waals surface area contributed by atoms with Crippen LogP contribution in [-0.4, -0.2) is 13.5 Å². The van der Waals surface area contributed by atoms with E-state index < -0.39 is 0 Å². The summed E-state index contributed by atoms with van der Waals surface area (Å²) in [4.78, 5) is 0. The largest absolute Gasteiger partial charge is 0.324 e. The lowest BCUT2D eigenvalue weighted by molar-refractivity contribution is 0.891. The van der Waals surface area contributed by atoms with Crippen LogP contribution in [0.15, 0.2) is 5.10 Å². The van der Waals surface area contributed by atoms with Gasteiger partial charge in [-0.05, 0) is 11.5 Å². The van der Waals surface area contributed by atoms with Crippen LogP contribution in [0.4, 0.5) is 0 Å². The molecule has 0 saturated carbocycles. The van der Waals surface area contributed by atoms with Gasteiger partial charge in [0.1, 0.15) is 0 Å². The van der Waals surface area contributed by atoms with E-state index >= 15 is 0 Å². The maximum absolute atomic E-state index is 4.96. The first kappa shape index (κ1) is 6.53. The lowest BCUT2D eigenvalue weighted by atomic mass is 9.91. The van der Waals surface area contributed by atoms with Gasteiger partial charge in [0.05, 0.1) is 0 Å². The van der Waals surface area contributed by atoms with Crippen molar-refractivity contribution in [3.05, 3.63) is 0 Å². The van der Waals surface area contributed by atoms with Gasteiger partial charge in [0.15, 0.2) is 7.85 Å². The zero-order valence-electron chi connectivity index (χ0n) is 5.10. The molecule has 0 aromatic heterocycles. The fraction of sp³-hybridized carbons (Fsp3) is 0.750. The normalized spacial score (nSPS) is 12.7. The molecule has 2 N–H and O–H groups in total. The van der Waals surface area contributed by atoms with Crippen molar-refractivity contribution in [3.63, 3.8) is 0 Å². The summed E-state index contributed by atoms with van der Waals surface area (Å²) in [7, 11) is 1.92. The van der Waals surface area contributed by atoms with Crippen LogP contribution in [0.2, 0.25) is 0 Å². The molecule has 0 atom stereocenters. The summed E-state index contributed by atoms with van der Waals surface area (Å²) in [5.74, 6) is 5.45. The molecule has 0 heterocycles. The first-order valence-electron chi connectivity index (χ1n) is 2.43. The van der Waals surface area contributed by atoms with Gasteiger partial charge in [-0.15, -0.1) is 0 Å². The number of hydrogen-bond donors (Lipinski definition) is 1. The molecule has 0 unspecified atom stereocenters. The van der Waals surface area contributed by atoms with Crippen molar-refractivity contribution in [1.82, 2.24) is 0 Å². The molecule has 40 valence electrons. The molecule has 0 aliphatic heterocycles. The summed E-state index contributed by atoms with van der Waals surface area (Å²) in [6.07, 6.45) is 0. The minimum Gasteiger partial charge on any atom is -0.324 e. The van der Waals surface area contributed by atoms with Gasteiger partial charge in [-0.1, -0.05) is 13.8 Å². The van der Waals surface area contributed by atoms with E-state index in [1.54, 1.807) is 0 Å². The second-order valence-corrected chi connectivity index (χ2v) is 1.93. The molecule has 0 bridgehead atoms. The first-order valence-corrected chi connectivity index (χ1v) is 2.43. The summed E-state index contributed by atoms with van der Waals surface area (Å²) in [6, 6.07) is 0. The van der Waals surface area contributed by atoms with Gasteiger partial charge in [0.25, 0.3) is 0 Å². The van der Waals surface area contributed by atoms with Gasteiger partial charge in [0.2, 0.25) is 0 Å². The maximum atomic E-state index is 4.96. The van der Waals surface area contributed by atoms with Crippen LogP contribution in [0.25, 0.3) is 0 Å². The number of hydrazone groups is 1. The molecule has 0 aliphatic rings. The van der Waals surface area contributed by atoms with Crippen molar-refractivity contribution in [2.75, 3.05) is 0 Å². The van der Waals surface area contributed by atoms with Gasteiger partial charge in [0, 0.05) is 0 Å². The van der Waals surface area contributed by atoms with E-state index in [1.807, 2.05) is 7.85 Å². The van der Waals surface area contributed by atoms with Gasteiger partial charge < -0.3 is 5.84 Å².